The number of nitrogens with zero attached hydrogens (tertiary/aromatic N) is 2. The van der Waals surface area contributed by atoms with Crippen molar-refractivity contribution in [2.75, 3.05) is 26.9 Å². The smallest absolute Gasteiger partial charge is 0.180 e. The lowest BCUT2D eigenvalue weighted by molar-refractivity contribution is -0.183. The van der Waals surface area contributed by atoms with Crippen molar-refractivity contribution < 1.29 is 18.9 Å². The van der Waals surface area contributed by atoms with E-state index in [1.807, 2.05) is 36.4 Å². The summed E-state index contributed by atoms with van der Waals surface area (Å²) in [7, 11) is 1.61. The number of rotatable bonds is 9. The van der Waals surface area contributed by atoms with Crippen LogP contribution in [0.1, 0.15) is 24.0 Å². The van der Waals surface area contributed by atoms with Crippen LogP contribution in [0.15, 0.2) is 58.7 Å². The van der Waals surface area contributed by atoms with Crippen LogP contribution in [0.25, 0.3) is 0 Å². The first kappa shape index (κ1) is 22.1. The van der Waals surface area contributed by atoms with E-state index in [1.54, 1.807) is 13.3 Å². The average Bonchev–Trinajstić information content (AvgIpc) is 2.79. The maximum Gasteiger partial charge on any atom is 0.180 e. The lowest BCUT2D eigenvalue weighted by Gasteiger charge is -2.23. The molecule has 30 heavy (non-hydrogen) atoms. The van der Waals surface area contributed by atoms with Crippen molar-refractivity contribution in [2.45, 2.75) is 24.9 Å². The normalized spacial score (nSPS) is 15.4. The lowest BCUT2D eigenvalue weighted by Crippen LogP contribution is -2.26. The first-order valence-corrected chi connectivity index (χ1v) is 10.8. The summed E-state index contributed by atoms with van der Waals surface area (Å²) in [5, 5.41) is 8.55. The highest BCUT2D eigenvalue weighted by Gasteiger charge is 2.14. The zero-order valence-corrected chi connectivity index (χ0v) is 17.8. The standard InChI is InChI=1S/C22H27N3O4S/c1-26-19-9-8-18(14-20(19)27-13-10-21-28-11-5-12-29-21)15-24-25-22(23)30-16-17-6-3-2-4-7-17/h2-4,6-9,14-15,21H,5,10-13,16H2,1H3,(H2,23,25). The van der Waals surface area contributed by atoms with Gasteiger partial charge in [-0.2, -0.15) is 5.10 Å². The van der Waals surface area contributed by atoms with Gasteiger partial charge in [-0.25, -0.2) is 0 Å². The molecule has 1 aliphatic heterocycles. The third-order valence-corrected chi connectivity index (χ3v) is 5.14. The molecule has 0 aromatic heterocycles. The minimum atomic E-state index is -0.208. The Hall–Kier alpha value is -2.55. The first-order valence-electron chi connectivity index (χ1n) is 9.82. The average molecular weight is 430 g/mol. The van der Waals surface area contributed by atoms with Crippen LogP contribution >= 0.6 is 11.8 Å². The van der Waals surface area contributed by atoms with Crippen molar-refractivity contribution in [2.24, 2.45) is 15.9 Å². The zero-order valence-electron chi connectivity index (χ0n) is 17.0. The van der Waals surface area contributed by atoms with Crippen LogP contribution in [0.5, 0.6) is 11.5 Å². The van der Waals surface area contributed by atoms with Gasteiger partial charge in [0.25, 0.3) is 0 Å². The molecule has 0 bridgehead atoms. The molecule has 1 heterocycles. The molecule has 1 aliphatic rings. The minimum Gasteiger partial charge on any atom is -0.493 e. The van der Waals surface area contributed by atoms with E-state index < -0.39 is 0 Å². The SMILES string of the molecule is COc1ccc(C=NN=C(N)SCc2ccccc2)cc1OCCC1OCCCO1. The summed E-state index contributed by atoms with van der Waals surface area (Å²) in [6, 6.07) is 15.7. The number of methoxy groups -OCH3 is 1. The molecule has 0 aliphatic carbocycles. The van der Waals surface area contributed by atoms with E-state index in [0.29, 0.717) is 29.7 Å². The molecule has 2 aromatic rings. The van der Waals surface area contributed by atoms with Gasteiger partial charge in [0.1, 0.15) is 0 Å². The van der Waals surface area contributed by atoms with Gasteiger partial charge < -0.3 is 24.7 Å². The fourth-order valence-electron chi connectivity index (χ4n) is 2.77. The van der Waals surface area contributed by atoms with Crippen LogP contribution in [0.4, 0.5) is 0 Å². The van der Waals surface area contributed by atoms with Crippen molar-refractivity contribution in [3.63, 3.8) is 0 Å². The second kappa shape index (κ2) is 12.2. The van der Waals surface area contributed by atoms with E-state index in [1.165, 1.54) is 17.3 Å². The number of nitrogens with two attached hydrogens (primary N) is 1. The van der Waals surface area contributed by atoms with Crippen LogP contribution in [0, 0.1) is 0 Å². The molecule has 0 saturated carbocycles. The second-order valence-electron chi connectivity index (χ2n) is 6.53. The molecule has 2 N–H and O–H groups in total. The van der Waals surface area contributed by atoms with Gasteiger partial charge in [-0.15, -0.1) is 5.10 Å². The molecule has 0 spiro atoms. The van der Waals surface area contributed by atoms with Crippen molar-refractivity contribution in [1.82, 2.24) is 0 Å². The zero-order chi connectivity index (χ0) is 21.0. The van der Waals surface area contributed by atoms with E-state index in [9.17, 15) is 0 Å². The highest BCUT2D eigenvalue weighted by Crippen LogP contribution is 2.28. The largest absolute Gasteiger partial charge is 0.493 e. The molecule has 1 fully saturated rings. The van der Waals surface area contributed by atoms with Crippen LogP contribution < -0.4 is 15.2 Å². The lowest BCUT2D eigenvalue weighted by atomic mass is 10.2. The Balaban J connectivity index is 1.52. The number of amidine groups is 1. The van der Waals surface area contributed by atoms with Gasteiger partial charge in [0.05, 0.1) is 33.1 Å². The monoisotopic (exact) mass is 429 g/mol. The molecule has 0 atom stereocenters. The second-order valence-corrected chi connectivity index (χ2v) is 7.52. The fraction of sp³-hybridized carbons (Fsp3) is 0.364. The van der Waals surface area contributed by atoms with E-state index in [4.69, 9.17) is 24.7 Å². The molecule has 1 saturated heterocycles. The van der Waals surface area contributed by atoms with Gasteiger partial charge in [-0.1, -0.05) is 42.1 Å². The topological polar surface area (TPSA) is 87.7 Å². The Morgan fingerprint density at radius 1 is 1.17 bits per heavy atom. The minimum absolute atomic E-state index is 0.208. The van der Waals surface area contributed by atoms with Crippen molar-refractivity contribution >= 4 is 23.1 Å². The van der Waals surface area contributed by atoms with Crippen molar-refractivity contribution in [1.29, 1.82) is 0 Å². The molecule has 0 unspecified atom stereocenters. The van der Waals surface area contributed by atoms with Crippen LogP contribution in [-0.2, 0) is 15.2 Å². The maximum absolute atomic E-state index is 5.93. The molecule has 8 heteroatoms. The molecule has 3 rings (SSSR count). The molecule has 0 amide bonds. The van der Waals surface area contributed by atoms with E-state index in [2.05, 4.69) is 22.3 Å². The van der Waals surface area contributed by atoms with Crippen LogP contribution in [-0.4, -0.2) is 44.6 Å². The van der Waals surface area contributed by atoms with E-state index in [-0.39, 0.29) is 6.29 Å². The van der Waals surface area contributed by atoms with Gasteiger partial charge in [0.15, 0.2) is 23.0 Å². The number of hydrogen-bond acceptors (Lipinski definition) is 7. The summed E-state index contributed by atoms with van der Waals surface area (Å²) >= 11 is 1.44. The van der Waals surface area contributed by atoms with Crippen molar-refractivity contribution in [3.8, 4) is 11.5 Å². The summed E-state index contributed by atoms with van der Waals surface area (Å²) in [5.41, 5.74) is 7.95. The highest BCUT2D eigenvalue weighted by atomic mass is 32.2. The number of benzene rings is 2. The third kappa shape index (κ3) is 7.37. The third-order valence-electron chi connectivity index (χ3n) is 4.29. The van der Waals surface area contributed by atoms with Gasteiger partial charge in [0.2, 0.25) is 0 Å². The number of thioether (sulfide) groups is 1. The maximum atomic E-state index is 5.93. The summed E-state index contributed by atoms with van der Waals surface area (Å²) in [6.07, 6.45) is 3.01. The Kier molecular flexibility index (Phi) is 9.02. The molecule has 7 nitrogen and oxygen atoms in total. The first-order chi connectivity index (χ1) is 14.7. The summed E-state index contributed by atoms with van der Waals surface area (Å²) in [6.45, 7) is 1.92. The molecular formula is C22H27N3O4S. The number of ether oxygens (including phenoxy) is 4. The van der Waals surface area contributed by atoms with Crippen LogP contribution in [0.3, 0.4) is 0 Å². The predicted molar refractivity (Wildman–Crippen MR) is 120 cm³/mol. The summed E-state index contributed by atoms with van der Waals surface area (Å²) in [5.74, 6) is 2.03. The Bertz CT molecular complexity index is 840. The Morgan fingerprint density at radius 3 is 2.73 bits per heavy atom. The van der Waals surface area contributed by atoms with Gasteiger partial charge in [-0.05, 0) is 35.7 Å². The van der Waals surface area contributed by atoms with Crippen LogP contribution in [0.2, 0.25) is 0 Å². The molecular weight excluding hydrogens is 402 g/mol. The van der Waals surface area contributed by atoms with Gasteiger partial charge in [0, 0.05) is 12.2 Å². The fourth-order valence-corrected chi connectivity index (χ4v) is 3.38. The molecule has 160 valence electrons. The van der Waals surface area contributed by atoms with E-state index in [0.717, 1.165) is 31.0 Å². The summed E-state index contributed by atoms with van der Waals surface area (Å²) in [4.78, 5) is 0. The number of hydrogen-bond donors (Lipinski definition) is 1. The predicted octanol–water partition coefficient (Wildman–Crippen LogP) is 3.81. The Labute approximate surface area is 181 Å². The van der Waals surface area contributed by atoms with Crippen molar-refractivity contribution in [3.05, 3.63) is 59.7 Å². The van der Waals surface area contributed by atoms with E-state index >= 15 is 0 Å². The molecule has 2 aromatic carbocycles. The highest BCUT2D eigenvalue weighted by molar-refractivity contribution is 8.13. The molecule has 0 radical (unpaired) electrons. The quantitative estimate of drug-likeness (QED) is 0.371. The summed E-state index contributed by atoms with van der Waals surface area (Å²) < 4.78 is 22.3. The van der Waals surface area contributed by atoms with Gasteiger partial charge in [-0.3, -0.25) is 0 Å². The van der Waals surface area contributed by atoms with Gasteiger partial charge >= 0.3 is 0 Å². The Morgan fingerprint density at radius 2 is 1.97 bits per heavy atom.